The Balaban J connectivity index is 2.66. The molecule has 25 heavy (non-hydrogen) atoms. The largest absolute Gasteiger partial charge is 0.444 e. The number of nitrogens with zero attached hydrogens (tertiary/aromatic N) is 2. The Bertz CT molecular complexity index is 566. The summed E-state index contributed by atoms with van der Waals surface area (Å²) in [6, 6.07) is 0. The van der Waals surface area contributed by atoms with E-state index in [1.807, 2.05) is 0 Å². The molecule has 0 aromatic heterocycles. The maximum absolute atomic E-state index is 13.5. The lowest BCUT2D eigenvalue weighted by atomic mass is 10.0. The van der Waals surface area contributed by atoms with Crippen LogP contribution in [0.15, 0.2) is 16.5 Å². The zero-order chi connectivity index (χ0) is 19.3. The van der Waals surface area contributed by atoms with Gasteiger partial charge in [0.05, 0.1) is 0 Å². The molecule has 144 valence electrons. The van der Waals surface area contributed by atoms with Crippen LogP contribution in [0.4, 0.5) is 43.9 Å². The van der Waals surface area contributed by atoms with E-state index in [-0.39, 0.29) is 13.1 Å². The summed E-state index contributed by atoms with van der Waals surface area (Å²) < 4.78 is 126. The van der Waals surface area contributed by atoms with Gasteiger partial charge in [0, 0.05) is 13.1 Å². The van der Waals surface area contributed by atoms with Crippen molar-refractivity contribution in [3.05, 3.63) is 11.5 Å². The molecule has 2 aliphatic rings. The highest BCUT2D eigenvalue weighted by atomic mass is 32.2. The first kappa shape index (κ1) is 20.2. The zero-order valence-corrected chi connectivity index (χ0v) is 12.9. The fourth-order valence-corrected chi connectivity index (χ4v) is 3.67. The SMILES string of the molecule is F/C(=C1/N=C(N2CCCCC2)SC1(C(F)(F)F)C(F)(F)F)C(F)(F)F. The Morgan fingerprint density at radius 2 is 1.36 bits per heavy atom. The quantitative estimate of drug-likeness (QED) is 0.517. The highest BCUT2D eigenvalue weighted by molar-refractivity contribution is 8.15. The van der Waals surface area contributed by atoms with Gasteiger partial charge in [-0.1, -0.05) is 11.8 Å². The molecule has 0 aliphatic carbocycles. The van der Waals surface area contributed by atoms with Crippen LogP contribution in [0, 0.1) is 0 Å². The lowest BCUT2D eigenvalue weighted by Crippen LogP contribution is -2.55. The number of rotatable bonds is 0. The second-order valence-corrected chi connectivity index (χ2v) is 6.56. The van der Waals surface area contributed by atoms with Crippen molar-refractivity contribution in [2.45, 2.75) is 42.5 Å². The van der Waals surface area contributed by atoms with E-state index >= 15 is 0 Å². The first-order valence-electron chi connectivity index (χ1n) is 6.85. The zero-order valence-electron chi connectivity index (χ0n) is 12.1. The van der Waals surface area contributed by atoms with Crippen LogP contribution < -0.4 is 0 Å². The van der Waals surface area contributed by atoms with Crippen molar-refractivity contribution >= 4 is 16.9 Å². The van der Waals surface area contributed by atoms with Gasteiger partial charge >= 0.3 is 18.5 Å². The highest BCUT2D eigenvalue weighted by Gasteiger charge is 2.78. The number of likely N-dealkylation sites (tertiary alicyclic amines) is 1. The predicted octanol–water partition coefficient (Wildman–Crippen LogP) is 5.18. The van der Waals surface area contributed by atoms with Crippen LogP contribution in [-0.4, -0.2) is 46.4 Å². The lowest BCUT2D eigenvalue weighted by Gasteiger charge is -2.34. The van der Waals surface area contributed by atoms with Gasteiger partial charge in [-0.25, -0.2) is 4.99 Å². The molecular weight excluding hydrogens is 394 g/mol. The van der Waals surface area contributed by atoms with Crippen molar-refractivity contribution in [3.63, 3.8) is 0 Å². The van der Waals surface area contributed by atoms with E-state index in [0.717, 1.165) is 4.90 Å². The summed E-state index contributed by atoms with van der Waals surface area (Å²) >= 11 is -0.941. The first-order chi connectivity index (χ1) is 11.2. The predicted molar refractivity (Wildman–Crippen MR) is 69.5 cm³/mol. The number of amidine groups is 1. The number of alkyl halides is 9. The van der Waals surface area contributed by atoms with Gasteiger partial charge in [0.1, 0.15) is 5.70 Å². The van der Waals surface area contributed by atoms with E-state index in [1.54, 1.807) is 0 Å². The molecule has 0 spiro atoms. The third-order valence-corrected chi connectivity index (χ3v) is 5.16. The summed E-state index contributed by atoms with van der Waals surface area (Å²) in [4.78, 5) is 3.83. The maximum atomic E-state index is 13.5. The Hall–Kier alpha value is -1.14. The normalized spacial score (nSPS) is 24.4. The van der Waals surface area contributed by atoms with Gasteiger partial charge in [0.2, 0.25) is 5.83 Å². The number of hydrogen-bond acceptors (Lipinski definition) is 3. The van der Waals surface area contributed by atoms with Crippen molar-refractivity contribution in [1.29, 1.82) is 0 Å². The second kappa shape index (κ2) is 6.23. The lowest BCUT2D eigenvalue weighted by molar-refractivity contribution is -0.253. The Morgan fingerprint density at radius 3 is 1.76 bits per heavy atom. The van der Waals surface area contributed by atoms with Crippen LogP contribution in [0.1, 0.15) is 19.3 Å². The summed E-state index contributed by atoms with van der Waals surface area (Å²) in [5, 5.41) is -0.913. The molecule has 1 fully saturated rings. The summed E-state index contributed by atoms with van der Waals surface area (Å²) in [7, 11) is 0. The van der Waals surface area contributed by atoms with E-state index in [2.05, 4.69) is 4.99 Å². The number of aliphatic imine (C=N–C) groups is 1. The summed E-state index contributed by atoms with van der Waals surface area (Å²) in [6.45, 7) is 0.0527. The van der Waals surface area contributed by atoms with Crippen molar-refractivity contribution in [1.82, 2.24) is 4.90 Å². The summed E-state index contributed by atoms with van der Waals surface area (Å²) in [5.74, 6) is -3.50. The smallest absolute Gasteiger partial charge is 0.351 e. The van der Waals surface area contributed by atoms with Gasteiger partial charge in [-0.3, -0.25) is 0 Å². The van der Waals surface area contributed by atoms with Crippen LogP contribution in [0.5, 0.6) is 0 Å². The minimum atomic E-state index is -6.24. The molecule has 0 bridgehead atoms. The molecule has 0 aromatic rings. The van der Waals surface area contributed by atoms with E-state index in [4.69, 9.17) is 0 Å². The van der Waals surface area contributed by atoms with E-state index in [0.29, 0.717) is 19.3 Å². The Labute approximate surface area is 138 Å². The number of hydrogen-bond donors (Lipinski definition) is 0. The van der Waals surface area contributed by atoms with Crippen molar-refractivity contribution < 1.29 is 43.9 Å². The third-order valence-electron chi connectivity index (χ3n) is 3.67. The maximum Gasteiger partial charge on any atom is 0.444 e. The van der Waals surface area contributed by atoms with E-state index in [9.17, 15) is 43.9 Å². The summed E-state index contributed by atoms with van der Waals surface area (Å²) in [5.41, 5.74) is -2.70. The molecule has 0 saturated carbocycles. The van der Waals surface area contributed by atoms with Gasteiger partial charge in [0.25, 0.3) is 4.75 Å². The minimum Gasteiger partial charge on any atom is -0.351 e. The molecule has 2 nitrogen and oxygen atoms in total. The van der Waals surface area contributed by atoms with E-state index in [1.165, 1.54) is 0 Å². The molecule has 0 radical (unpaired) electrons. The molecule has 2 aliphatic heterocycles. The average molecular weight is 404 g/mol. The molecule has 0 amide bonds. The average Bonchev–Trinajstić information content (AvgIpc) is 2.87. The monoisotopic (exact) mass is 404 g/mol. The van der Waals surface area contributed by atoms with Crippen LogP contribution in [0.25, 0.3) is 0 Å². The number of thioether (sulfide) groups is 1. The van der Waals surface area contributed by atoms with Crippen molar-refractivity contribution in [2.75, 3.05) is 13.1 Å². The molecule has 0 N–H and O–H groups in total. The Kier molecular flexibility index (Phi) is 5.03. The van der Waals surface area contributed by atoms with E-state index < -0.39 is 51.7 Å². The van der Waals surface area contributed by atoms with Crippen LogP contribution in [-0.2, 0) is 0 Å². The highest BCUT2D eigenvalue weighted by Crippen LogP contribution is 2.62. The second-order valence-electron chi connectivity index (χ2n) is 5.38. The summed E-state index contributed by atoms with van der Waals surface area (Å²) in [6.07, 6.45) is -17.0. The molecule has 0 aromatic carbocycles. The fraction of sp³-hybridized carbons (Fsp3) is 0.750. The van der Waals surface area contributed by atoms with Crippen molar-refractivity contribution in [2.24, 2.45) is 4.99 Å². The third kappa shape index (κ3) is 3.43. The van der Waals surface area contributed by atoms with Gasteiger partial charge in [-0.05, 0) is 19.3 Å². The molecule has 1 saturated heterocycles. The molecular formula is C12H10F10N2S. The molecule has 13 heteroatoms. The molecule has 2 heterocycles. The molecule has 0 unspecified atom stereocenters. The molecule has 2 rings (SSSR count). The number of halogens is 10. The topological polar surface area (TPSA) is 15.6 Å². The minimum absolute atomic E-state index is 0.0263. The van der Waals surface area contributed by atoms with Gasteiger partial charge < -0.3 is 4.90 Å². The fourth-order valence-electron chi connectivity index (χ4n) is 2.49. The standard InChI is InChI=1S/C12H10F10N2S/c13-6(10(14,15)16)7-9(11(17,18)19,12(20,21)22)25-8(23-7)24-4-2-1-3-5-24/h1-5H2/b7-6+. The number of allylic oxidation sites excluding steroid dienone is 1. The molecule has 0 atom stereocenters. The first-order valence-corrected chi connectivity index (χ1v) is 7.67. The van der Waals surface area contributed by atoms with Gasteiger partial charge in [-0.15, -0.1) is 0 Å². The Morgan fingerprint density at radius 1 is 0.880 bits per heavy atom. The van der Waals surface area contributed by atoms with Crippen LogP contribution in [0.3, 0.4) is 0 Å². The van der Waals surface area contributed by atoms with Crippen molar-refractivity contribution in [3.8, 4) is 0 Å². The van der Waals surface area contributed by atoms with Gasteiger partial charge in [0.15, 0.2) is 5.17 Å². The number of piperidine rings is 1. The van der Waals surface area contributed by atoms with Gasteiger partial charge in [-0.2, -0.15) is 43.9 Å². The van der Waals surface area contributed by atoms with Crippen LogP contribution >= 0.6 is 11.8 Å². The van der Waals surface area contributed by atoms with Crippen LogP contribution in [0.2, 0.25) is 0 Å².